The predicted octanol–water partition coefficient (Wildman–Crippen LogP) is 1.99. The van der Waals surface area contributed by atoms with Crippen molar-refractivity contribution in [1.29, 1.82) is 0 Å². The molecule has 0 unspecified atom stereocenters. The van der Waals surface area contributed by atoms with Gasteiger partial charge in [-0.1, -0.05) is 0 Å². The van der Waals surface area contributed by atoms with Crippen LogP contribution in [0.3, 0.4) is 0 Å². The molecule has 0 saturated heterocycles. The van der Waals surface area contributed by atoms with Crippen LogP contribution in [0, 0.1) is 20.8 Å². The molecule has 0 aliphatic heterocycles. The Bertz CT molecular complexity index is 241. The molecule has 0 spiro atoms. The van der Waals surface area contributed by atoms with Crippen LogP contribution in [0.4, 0.5) is 0 Å². The molecule has 0 heterocycles. The quantitative estimate of drug-likeness (QED) is 0.679. The van der Waals surface area contributed by atoms with Gasteiger partial charge in [0.2, 0.25) is 0 Å². The molecular formula is C10H14Te. The van der Waals surface area contributed by atoms with E-state index < -0.39 is 0 Å². The van der Waals surface area contributed by atoms with Crippen molar-refractivity contribution in [2.24, 2.45) is 0 Å². The van der Waals surface area contributed by atoms with Crippen LogP contribution in [-0.2, 0) is 0 Å². The molecule has 0 N–H and O–H groups in total. The Labute approximate surface area is 79.1 Å². The van der Waals surface area contributed by atoms with E-state index in [4.69, 9.17) is 0 Å². The van der Waals surface area contributed by atoms with Crippen molar-refractivity contribution in [2.45, 2.75) is 25.7 Å². The SMILES string of the molecule is C[Te]c1c(C)cc(C)cc1C. The average molecular weight is 262 g/mol. The van der Waals surface area contributed by atoms with Crippen LogP contribution in [0.25, 0.3) is 0 Å². The number of hydrogen-bond donors (Lipinski definition) is 0. The zero-order chi connectivity index (χ0) is 8.43. The molecule has 0 fully saturated rings. The van der Waals surface area contributed by atoms with Gasteiger partial charge in [-0.15, -0.1) is 0 Å². The molecule has 0 aliphatic carbocycles. The Morgan fingerprint density at radius 1 is 1.00 bits per heavy atom. The summed E-state index contributed by atoms with van der Waals surface area (Å²) in [5.74, 6) is 0. The first-order valence-corrected chi connectivity index (χ1v) is 7.26. The van der Waals surface area contributed by atoms with Crippen LogP contribution in [0.1, 0.15) is 16.7 Å². The van der Waals surface area contributed by atoms with Crippen molar-refractivity contribution in [2.75, 3.05) is 0 Å². The van der Waals surface area contributed by atoms with E-state index >= 15 is 0 Å². The molecule has 11 heavy (non-hydrogen) atoms. The fraction of sp³-hybridized carbons (Fsp3) is 0.400. The fourth-order valence-corrected chi connectivity index (χ4v) is 3.66. The Hall–Kier alpha value is 0.00961. The van der Waals surface area contributed by atoms with Crippen LogP contribution >= 0.6 is 0 Å². The van der Waals surface area contributed by atoms with Crippen LogP contribution in [0.15, 0.2) is 12.1 Å². The standard InChI is InChI=1S/C10H14Te/c1-7-5-8(2)10(11-4)9(3)6-7/h5-6H,1-4H3. The normalized spacial score (nSPS) is 10.2. The summed E-state index contributed by atoms with van der Waals surface area (Å²) in [6.45, 7) is 6.62. The first kappa shape index (κ1) is 9.10. The second kappa shape index (κ2) is 3.61. The van der Waals surface area contributed by atoms with Gasteiger partial charge in [-0.2, -0.15) is 0 Å². The summed E-state index contributed by atoms with van der Waals surface area (Å²) in [4.78, 5) is 2.34. The molecule has 0 aromatic heterocycles. The Morgan fingerprint density at radius 2 is 1.45 bits per heavy atom. The summed E-state index contributed by atoms with van der Waals surface area (Å²) < 4.78 is 1.64. The van der Waals surface area contributed by atoms with Gasteiger partial charge in [0, 0.05) is 0 Å². The van der Waals surface area contributed by atoms with E-state index in [0.717, 1.165) is 0 Å². The molecule has 1 rings (SSSR count). The summed E-state index contributed by atoms with van der Waals surface area (Å²) in [5.41, 5.74) is 4.38. The van der Waals surface area contributed by atoms with Crippen LogP contribution in [0.5, 0.6) is 0 Å². The van der Waals surface area contributed by atoms with Crippen molar-refractivity contribution in [3.63, 3.8) is 0 Å². The maximum atomic E-state index is 2.34. The van der Waals surface area contributed by atoms with Gasteiger partial charge in [0.15, 0.2) is 0 Å². The zero-order valence-corrected chi connectivity index (χ0v) is 9.89. The zero-order valence-electron chi connectivity index (χ0n) is 7.56. The van der Waals surface area contributed by atoms with E-state index in [-0.39, 0.29) is 20.9 Å². The number of aryl methyl sites for hydroxylation is 3. The van der Waals surface area contributed by atoms with Gasteiger partial charge < -0.3 is 0 Å². The molecule has 0 bridgehead atoms. The van der Waals surface area contributed by atoms with E-state index in [9.17, 15) is 0 Å². The van der Waals surface area contributed by atoms with Crippen molar-refractivity contribution >= 4 is 24.5 Å². The molecule has 0 atom stereocenters. The van der Waals surface area contributed by atoms with Gasteiger partial charge >= 0.3 is 79.1 Å². The molecule has 1 aromatic rings. The first-order chi connectivity index (χ1) is 5.15. The van der Waals surface area contributed by atoms with E-state index in [2.05, 4.69) is 37.9 Å². The minimum atomic E-state index is 0.0899. The molecular weight excluding hydrogens is 248 g/mol. The van der Waals surface area contributed by atoms with Crippen molar-refractivity contribution in [3.05, 3.63) is 28.8 Å². The van der Waals surface area contributed by atoms with Gasteiger partial charge in [-0.3, -0.25) is 0 Å². The predicted molar refractivity (Wildman–Crippen MR) is 51.9 cm³/mol. The number of benzene rings is 1. The third-order valence-corrected chi connectivity index (χ3v) is 4.81. The average Bonchev–Trinajstić information content (AvgIpc) is 1.85. The topological polar surface area (TPSA) is 0 Å². The fourth-order valence-electron chi connectivity index (χ4n) is 1.49. The van der Waals surface area contributed by atoms with E-state index in [1.54, 1.807) is 3.61 Å². The molecule has 0 aliphatic rings. The van der Waals surface area contributed by atoms with E-state index in [1.807, 2.05) is 0 Å². The summed E-state index contributed by atoms with van der Waals surface area (Å²) in [6, 6.07) is 4.58. The second-order valence-electron chi connectivity index (χ2n) is 2.93. The van der Waals surface area contributed by atoms with Crippen molar-refractivity contribution in [1.82, 2.24) is 0 Å². The third kappa shape index (κ3) is 1.98. The van der Waals surface area contributed by atoms with Gasteiger partial charge in [-0.05, 0) is 0 Å². The summed E-state index contributed by atoms with van der Waals surface area (Å²) in [7, 11) is 0. The summed E-state index contributed by atoms with van der Waals surface area (Å²) in [5, 5.41) is 0. The van der Waals surface area contributed by atoms with Crippen LogP contribution in [0.2, 0.25) is 4.97 Å². The number of hydrogen-bond acceptors (Lipinski definition) is 0. The molecule has 60 valence electrons. The van der Waals surface area contributed by atoms with Gasteiger partial charge in [0.1, 0.15) is 0 Å². The minimum absolute atomic E-state index is 0.0899. The number of rotatable bonds is 1. The molecule has 0 radical (unpaired) electrons. The first-order valence-electron chi connectivity index (χ1n) is 3.77. The van der Waals surface area contributed by atoms with Crippen molar-refractivity contribution < 1.29 is 0 Å². The van der Waals surface area contributed by atoms with Crippen molar-refractivity contribution in [3.8, 4) is 0 Å². The molecule has 0 nitrogen and oxygen atoms in total. The van der Waals surface area contributed by atoms with Crippen LogP contribution in [-0.4, -0.2) is 20.9 Å². The van der Waals surface area contributed by atoms with Gasteiger partial charge in [0.05, 0.1) is 0 Å². The molecule has 0 saturated carbocycles. The second-order valence-corrected chi connectivity index (χ2v) is 5.26. The molecule has 1 aromatic carbocycles. The monoisotopic (exact) mass is 264 g/mol. The maximum absolute atomic E-state index is 2.34. The third-order valence-electron chi connectivity index (χ3n) is 1.81. The Balaban J connectivity index is 3.25. The van der Waals surface area contributed by atoms with E-state index in [0.29, 0.717) is 0 Å². The molecule has 0 amide bonds. The Kier molecular flexibility index (Phi) is 2.98. The van der Waals surface area contributed by atoms with Gasteiger partial charge in [0.25, 0.3) is 0 Å². The Morgan fingerprint density at radius 3 is 1.82 bits per heavy atom. The van der Waals surface area contributed by atoms with E-state index in [1.165, 1.54) is 16.7 Å². The summed E-state index contributed by atoms with van der Waals surface area (Å²) in [6.07, 6.45) is 0. The molecule has 1 heteroatoms. The summed E-state index contributed by atoms with van der Waals surface area (Å²) >= 11 is 0.0899. The van der Waals surface area contributed by atoms with Gasteiger partial charge in [-0.25, -0.2) is 0 Å². The van der Waals surface area contributed by atoms with Crippen LogP contribution < -0.4 is 3.61 Å².